The van der Waals surface area contributed by atoms with E-state index < -0.39 is 10.0 Å². The van der Waals surface area contributed by atoms with Crippen LogP contribution in [0.2, 0.25) is 0 Å². The average molecular weight is 394 g/mol. The first-order valence-corrected chi connectivity index (χ1v) is 11.0. The summed E-state index contributed by atoms with van der Waals surface area (Å²) >= 11 is 1.82. The van der Waals surface area contributed by atoms with E-state index in [2.05, 4.69) is 21.7 Å². The van der Waals surface area contributed by atoms with Gasteiger partial charge in [-0.25, -0.2) is 13.6 Å². The van der Waals surface area contributed by atoms with Crippen molar-refractivity contribution in [3.8, 4) is 0 Å². The zero-order valence-electron chi connectivity index (χ0n) is 14.5. The highest BCUT2D eigenvalue weighted by Gasteiger charge is 2.17. The Morgan fingerprint density at radius 2 is 2.00 bits per heavy atom. The number of carbonyl (C=O) groups is 1. The van der Waals surface area contributed by atoms with Crippen molar-refractivity contribution >= 4 is 27.3 Å². The van der Waals surface area contributed by atoms with E-state index in [4.69, 9.17) is 5.14 Å². The van der Waals surface area contributed by atoms with E-state index in [0.29, 0.717) is 19.4 Å². The SMILES string of the molecule is NS(=O)(=O)c1ccc(CCNC(=O)CCN2CCc3sccc3C2)cc1. The van der Waals surface area contributed by atoms with Crippen molar-refractivity contribution in [3.63, 3.8) is 0 Å². The number of nitrogens with two attached hydrogens (primary N) is 1. The molecule has 2 heterocycles. The molecule has 3 rings (SSSR count). The van der Waals surface area contributed by atoms with Gasteiger partial charge in [-0.05, 0) is 47.5 Å². The lowest BCUT2D eigenvalue weighted by Gasteiger charge is -2.26. The van der Waals surface area contributed by atoms with Gasteiger partial charge in [-0.1, -0.05) is 12.1 Å². The molecule has 2 aromatic rings. The maximum atomic E-state index is 12.0. The molecule has 1 aliphatic heterocycles. The van der Waals surface area contributed by atoms with Crippen molar-refractivity contribution < 1.29 is 13.2 Å². The van der Waals surface area contributed by atoms with Gasteiger partial charge in [0.2, 0.25) is 15.9 Å². The van der Waals surface area contributed by atoms with Gasteiger partial charge in [0.15, 0.2) is 0 Å². The number of nitrogens with one attached hydrogen (secondary N) is 1. The molecule has 0 spiro atoms. The van der Waals surface area contributed by atoms with Crippen LogP contribution in [-0.4, -0.2) is 38.9 Å². The van der Waals surface area contributed by atoms with Crippen LogP contribution in [0.5, 0.6) is 0 Å². The monoisotopic (exact) mass is 393 g/mol. The molecule has 26 heavy (non-hydrogen) atoms. The number of amides is 1. The number of thiophene rings is 1. The molecule has 0 fully saturated rings. The predicted molar refractivity (Wildman–Crippen MR) is 102 cm³/mol. The number of benzene rings is 1. The van der Waals surface area contributed by atoms with Crippen molar-refractivity contribution in [2.45, 2.75) is 30.7 Å². The molecule has 0 unspecified atom stereocenters. The Kier molecular flexibility index (Phi) is 6.08. The Morgan fingerprint density at radius 3 is 2.73 bits per heavy atom. The fourth-order valence-electron chi connectivity index (χ4n) is 3.04. The minimum Gasteiger partial charge on any atom is -0.356 e. The normalized spacial score (nSPS) is 14.8. The molecule has 0 atom stereocenters. The van der Waals surface area contributed by atoms with Crippen LogP contribution in [0.15, 0.2) is 40.6 Å². The third-order valence-corrected chi connectivity index (χ3v) is 6.48. The molecule has 0 radical (unpaired) electrons. The summed E-state index contributed by atoms with van der Waals surface area (Å²) in [6.07, 6.45) is 2.21. The maximum absolute atomic E-state index is 12.0. The first-order chi connectivity index (χ1) is 12.4. The topological polar surface area (TPSA) is 92.5 Å². The summed E-state index contributed by atoms with van der Waals surface area (Å²) in [5.41, 5.74) is 2.35. The van der Waals surface area contributed by atoms with Gasteiger partial charge in [-0.2, -0.15) is 0 Å². The number of primary sulfonamides is 1. The van der Waals surface area contributed by atoms with Gasteiger partial charge in [-0.15, -0.1) is 11.3 Å². The van der Waals surface area contributed by atoms with Crippen LogP contribution in [-0.2, 0) is 34.2 Å². The second-order valence-corrected chi connectivity index (χ2v) is 9.00. The molecule has 1 aromatic heterocycles. The third kappa shape index (κ3) is 5.14. The lowest BCUT2D eigenvalue weighted by molar-refractivity contribution is -0.121. The van der Waals surface area contributed by atoms with Gasteiger partial charge in [0.05, 0.1) is 4.90 Å². The molecule has 8 heteroatoms. The standard InChI is InChI=1S/C18H23N3O3S2/c19-26(23,24)16-3-1-14(2-4-16)5-9-20-18(22)7-11-21-10-6-17-15(13-21)8-12-25-17/h1-4,8,12H,5-7,9-11,13H2,(H,20,22)(H2,19,23,24). The molecule has 3 N–H and O–H groups in total. The summed E-state index contributed by atoms with van der Waals surface area (Å²) in [5, 5.41) is 10.1. The highest BCUT2D eigenvalue weighted by Crippen LogP contribution is 2.23. The Bertz CT molecular complexity index is 860. The molecule has 6 nitrogen and oxygen atoms in total. The third-order valence-electron chi connectivity index (χ3n) is 4.53. The van der Waals surface area contributed by atoms with Gasteiger partial charge in [0.25, 0.3) is 0 Å². The zero-order chi connectivity index (χ0) is 18.6. The molecule has 0 saturated carbocycles. The highest BCUT2D eigenvalue weighted by atomic mass is 32.2. The lowest BCUT2D eigenvalue weighted by Crippen LogP contribution is -2.34. The van der Waals surface area contributed by atoms with Gasteiger partial charge >= 0.3 is 0 Å². The molecular weight excluding hydrogens is 370 g/mol. The summed E-state index contributed by atoms with van der Waals surface area (Å²) < 4.78 is 22.4. The van der Waals surface area contributed by atoms with Crippen LogP contribution in [0.3, 0.4) is 0 Å². The number of sulfonamides is 1. The summed E-state index contributed by atoms with van der Waals surface area (Å²) in [6, 6.07) is 8.59. The first-order valence-electron chi connectivity index (χ1n) is 8.58. The highest BCUT2D eigenvalue weighted by molar-refractivity contribution is 7.89. The fraction of sp³-hybridized carbons (Fsp3) is 0.389. The summed E-state index contributed by atoms with van der Waals surface area (Å²) in [5.74, 6) is 0.0438. The van der Waals surface area contributed by atoms with Gasteiger partial charge in [0, 0.05) is 37.5 Å². The number of rotatable bonds is 7. The minimum atomic E-state index is -3.66. The van der Waals surface area contributed by atoms with Crippen molar-refractivity contribution in [1.29, 1.82) is 0 Å². The van der Waals surface area contributed by atoms with Gasteiger partial charge in [0.1, 0.15) is 0 Å². The van der Waals surface area contributed by atoms with E-state index in [1.165, 1.54) is 22.6 Å². The van der Waals surface area contributed by atoms with Crippen LogP contribution in [0.1, 0.15) is 22.4 Å². The van der Waals surface area contributed by atoms with Crippen LogP contribution in [0.4, 0.5) is 0 Å². The van der Waals surface area contributed by atoms with Crippen LogP contribution in [0, 0.1) is 0 Å². The minimum absolute atomic E-state index is 0.0438. The lowest BCUT2D eigenvalue weighted by atomic mass is 10.1. The van der Waals surface area contributed by atoms with E-state index in [-0.39, 0.29) is 10.8 Å². The maximum Gasteiger partial charge on any atom is 0.238 e. The molecule has 0 saturated heterocycles. The Hall–Kier alpha value is -1.74. The van der Waals surface area contributed by atoms with E-state index in [0.717, 1.165) is 31.6 Å². The second-order valence-electron chi connectivity index (χ2n) is 6.43. The van der Waals surface area contributed by atoms with Crippen molar-refractivity contribution in [2.24, 2.45) is 5.14 Å². The van der Waals surface area contributed by atoms with E-state index >= 15 is 0 Å². The van der Waals surface area contributed by atoms with Crippen molar-refractivity contribution in [3.05, 3.63) is 51.7 Å². The summed E-state index contributed by atoms with van der Waals surface area (Å²) in [7, 11) is -3.66. The number of carbonyl (C=O) groups excluding carboxylic acids is 1. The number of hydrogen-bond donors (Lipinski definition) is 2. The number of nitrogens with zero attached hydrogens (tertiary/aromatic N) is 1. The van der Waals surface area contributed by atoms with Crippen molar-refractivity contribution in [2.75, 3.05) is 19.6 Å². The second kappa shape index (κ2) is 8.30. The van der Waals surface area contributed by atoms with Crippen LogP contribution >= 0.6 is 11.3 Å². The molecule has 1 aromatic carbocycles. The molecule has 0 aliphatic carbocycles. The molecule has 140 valence electrons. The molecule has 1 amide bonds. The zero-order valence-corrected chi connectivity index (χ0v) is 16.1. The summed E-state index contributed by atoms with van der Waals surface area (Å²) in [6.45, 7) is 3.24. The fourth-order valence-corrected chi connectivity index (χ4v) is 4.44. The van der Waals surface area contributed by atoms with Crippen molar-refractivity contribution in [1.82, 2.24) is 10.2 Å². The van der Waals surface area contributed by atoms with Crippen LogP contribution < -0.4 is 10.5 Å². The Labute approximate surface area is 158 Å². The number of fused-ring (bicyclic) bond motifs is 1. The number of hydrogen-bond acceptors (Lipinski definition) is 5. The van der Waals surface area contributed by atoms with E-state index in [1.807, 2.05) is 11.3 Å². The van der Waals surface area contributed by atoms with E-state index in [9.17, 15) is 13.2 Å². The Morgan fingerprint density at radius 1 is 1.23 bits per heavy atom. The molecular formula is C18H23N3O3S2. The quantitative estimate of drug-likeness (QED) is 0.746. The first kappa shape index (κ1) is 19.0. The largest absolute Gasteiger partial charge is 0.356 e. The predicted octanol–water partition coefficient (Wildman–Crippen LogP) is 1.50. The average Bonchev–Trinajstić information content (AvgIpc) is 3.07. The van der Waals surface area contributed by atoms with Gasteiger partial charge < -0.3 is 5.32 Å². The van der Waals surface area contributed by atoms with Gasteiger partial charge in [-0.3, -0.25) is 9.69 Å². The molecule has 0 bridgehead atoms. The smallest absolute Gasteiger partial charge is 0.238 e. The summed E-state index contributed by atoms with van der Waals surface area (Å²) in [4.78, 5) is 15.9. The van der Waals surface area contributed by atoms with Crippen LogP contribution in [0.25, 0.3) is 0 Å². The molecule has 1 aliphatic rings. The Balaban J connectivity index is 1.37. The van der Waals surface area contributed by atoms with E-state index in [1.54, 1.807) is 12.1 Å².